The van der Waals surface area contributed by atoms with Gasteiger partial charge in [0.25, 0.3) is 0 Å². The summed E-state index contributed by atoms with van der Waals surface area (Å²) in [6.45, 7) is 1.59. The van der Waals surface area contributed by atoms with Crippen molar-refractivity contribution in [2.24, 2.45) is 0 Å². The topological polar surface area (TPSA) is 21.3 Å². The highest BCUT2D eigenvalue weighted by atomic mass is 35.5. The molecule has 1 rings (SSSR count). The molecule has 0 aromatic heterocycles. The number of nitrogens with one attached hydrogen (secondary N) is 1. The lowest BCUT2D eigenvalue weighted by molar-refractivity contribution is 0.218. The minimum Gasteiger partial charge on any atom is -0.384 e. The van der Waals surface area contributed by atoms with Gasteiger partial charge < -0.3 is 10.1 Å². The third-order valence-electron chi connectivity index (χ3n) is 1.95. The average Bonchev–Trinajstić information content (AvgIpc) is 2.23. The molecule has 0 saturated heterocycles. The molecular formula is C11H16ClNOS. The lowest BCUT2D eigenvalue weighted by Crippen LogP contribution is -2.06. The first kappa shape index (κ1) is 12.8. The van der Waals surface area contributed by atoms with Crippen LogP contribution in [0.2, 0.25) is 5.02 Å². The Morgan fingerprint density at radius 2 is 2.27 bits per heavy atom. The Hall–Kier alpha value is -0.220. The number of hydrogen-bond donors (Lipinski definition) is 1. The maximum atomic E-state index is 6.15. The Morgan fingerprint density at radius 1 is 1.47 bits per heavy atom. The van der Waals surface area contributed by atoms with E-state index in [1.165, 1.54) is 5.56 Å². The molecule has 0 amide bonds. The van der Waals surface area contributed by atoms with Gasteiger partial charge in [-0.15, -0.1) is 11.8 Å². The van der Waals surface area contributed by atoms with Crippen LogP contribution in [0.5, 0.6) is 0 Å². The molecule has 4 heteroatoms. The van der Waals surface area contributed by atoms with Gasteiger partial charge in [0, 0.05) is 24.3 Å². The zero-order valence-electron chi connectivity index (χ0n) is 9.05. The lowest BCUT2D eigenvalue weighted by atomic mass is 10.2. The maximum absolute atomic E-state index is 6.15. The van der Waals surface area contributed by atoms with Gasteiger partial charge in [0.05, 0.1) is 11.6 Å². The molecule has 0 bridgehead atoms. The van der Waals surface area contributed by atoms with Crippen LogP contribution in [0.1, 0.15) is 5.56 Å². The third-order valence-corrected chi connectivity index (χ3v) is 3.52. The van der Waals surface area contributed by atoms with Gasteiger partial charge in [0.15, 0.2) is 0 Å². The minimum atomic E-state index is 0.745. The summed E-state index contributed by atoms with van der Waals surface area (Å²) >= 11 is 7.90. The second kappa shape index (κ2) is 7.12. The van der Waals surface area contributed by atoms with Gasteiger partial charge in [-0.3, -0.25) is 0 Å². The number of rotatable bonds is 6. The van der Waals surface area contributed by atoms with Crippen molar-refractivity contribution in [3.8, 4) is 0 Å². The summed E-state index contributed by atoms with van der Waals surface area (Å²) in [6, 6.07) is 6.00. The molecule has 1 N–H and O–H groups in total. The second-order valence-corrected chi connectivity index (χ2v) is 4.61. The van der Waals surface area contributed by atoms with E-state index in [1.54, 1.807) is 18.9 Å². The molecule has 0 heterocycles. The van der Waals surface area contributed by atoms with Crippen LogP contribution >= 0.6 is 23.4 Å². The minimum absolute atomic E-state index is 0.745. The van der Waals surface area contributed by atoms with Gasteiger partial charge in [-0.2, -0.15) is 0 Å². The van der Waals surface area contributed by atoms with Crippen molar-refractivity contribution in [3.63, 3.8) is 0 Å². The lowest BCUT2D eigenvalue weighted by Gasteiger charge is -2.10. The van der Waals surface area contributed by atoms with E-state index in [4.69, 9.17) is 16.3 Å². The summed E-state index contributed by atoms with van der Waals surface area (Å²) < 4.78 is 5.02. The number of thioether (sulfide) groups is 1. The molecule has 0 aliphatic heterocycles. The monoisotopic (exact) mass is 245 g/mol. The molecule has 0 radical (unpaired) electrons. The highest BCUT2D eigenvalue weighted by molar-refractivity contribution is 7.99. The number of ether oxygens (including phenoxy) is 1. The molecule has 1 aromatic carbocycles. The zero-order chi connectivity index (χ0) is 11.1. The fraction of sp³-hybridized carbons (Fsp3) is 0.455. The highest BCUT2D eigenvalue weighted by Crippen LogP contribution is 2.30. The van der Waals surface area contributed by atoms with Crippen LogP contribution in [0.3, 0.4) is 0 Å². The smallest absolute Gasteiger partial charge is 0.0556 e. The van der Waals surface area contributed by atoms with Crippen molar-refractivity contribution in [3.05, 3.63) is 28.8 Å². The molecule has 0 unspecified atom stereocenters. The van der Waals surface area contributed by atoms with Crippen LogP contribution in [0.4, 0.5) is 0 Å². The fourth-order valence-electron chi connectivity index (χ4n) is 1.27. The Labute approximate surface area is 100 Å². The van der Waals surface area contributed by atoms with Crippen LogP contribution in [0.25, 0.3) is 0 Å². The van der Waals surface area contributed by atoms with E-state index in [0.717, 1.165) is 28.8 Å². The molecule has 2 nitrogen and oxygen atoms in total. The summed E-state index contributed by atoms with van der Waals surface area (Å²) in [7, 11) is 3.65. The standard InChI is InChI=1S/C11H16ClNOS/c1-13-8-9-4-3-5-10(12)11(9)15-7-6-14-2/h3-5,13H,6-8H2,1-2H3. The van der Waals surface area contributed by atoms with Gasteiger partial charge in [-0.1, -0.05) is 23.7 Å². The zero-order valence-corrected chi connectivity index (χ0v) is 10.6. The summed E-state index contributed by atoms with van der Waals surface area (Å²) in [5.74, 6) is 0.928. The molecule has 84 valence electrons. The fourth-order valence-corrected chi connectivity index (χ4v) is 2.62. The SMILES string of the molecule is CNCc1cccc(Cl)c1SCCOC. The molecular weight excluding hydrogens is 230 g/mol. The van der Waals surface area contributed by atoms with Gasteiger partial charge in [-0.05, 0) is 18.7 Å². The van der Waals surface area contributed by atoms with E-state index in [-0.39, 0.29) is 0 Å². The summed E-state index contributed by atoms with van der Waals surface area (Å²) in [5.41, 5.74) is 1.24. The molecule has 0 atom stereocenters. The van der Waals surface area contributed by atoms with Crippen molar-refractivity contribution in [1.82, 2.24) is 5.32 Å². The normalized spacial score (nSPS) is 10.6. The predicted molar refractivity (Wildman–Crippen MR) is 66.8 cm³/mol. The Bertz CT molecular complexity index is 307. The molecule has 15 heavy (non-hydrogen) atoms. The molecule has 0 spiro atoms. The Morgan fingerprint density at radius 3 is 2.93 bits per heavy atom. The quantitative estimate of drug-likeness (QED) is 0.615. The predicted octanol–water partition coefficient (Wildman–Crippen LogP) is 2.80. The summed E-state index contributed by atoms with van der Waals surface area (Å²) in [5, 5.41) is 3.96. The first-order valence-electron chi connectivity index (χ1n) is 4.83. The van der Waals surface area contributed by atoms with E-state index in [1.807, 2.05) is 19.2 Å². The number of benzene rings is 1. The van der Waals surface area contributed by atoms with E-state index in [2.05, 4.69) is 11.4 Å². The third kappa shape index (κ3) is 4.03. The van der Waals surface area contributed by atoms with Crippen molar-refractivity contribution < 1.29 is 4.74 Å². The summed E-state index contributed by atoms with van der Waals surface area (Å²) in [4.78, 5) is 1.16. The van der Waals surface area contributed by atoms with E-state index in [0.29, 0.717) is 0 Å². The molecule has 0 fully saturated rings. The van der Waals surface area contributed by atoms with Crippen molar-refractivity contribution in [1.29, 1.82) is 0 Å². The highest BCUT2D eigenvalue weighted by Gasteiger charge is 2.06. The van der Waals surface area contributed by atoms with Crippen molar-refractivity contribution in [2.45, 2.75) is 11.4 Å². The van der Waals surface area contributed by atoms with Crippen LogP contribution in [-0.4, -0.2) is 26.5 Å². The number of methoxy groups -OCH3 is 1. The van der Waals surface area contributed by atoms with Gasteiger partial charge >= 0.3 is 0 Å². The first-order chi connectivity index (χ1) is 7.29. The van der Waals surface area contributed by atoms with Crippen LogP contribution in [-0.2, 0) is 11.3 Å². The number of hydrogen-bond acceptors (Lipinski definition) is 3. The second-order valence-electron chi connectivity index (χ2n) is 3.10. The van der Waals surface area contributed by atoms with E-state index < -0.39 is 0 Å². The largest absolute Gasteiger partial charge is 0.384 e. The van der Waals surface area contributed by atoms with Crippen molar-refractivity contribution in [2.75, 3.05) is 26.5 Å². The van der Waals surface area contributed by atoms with Crippen LogP contribution < -0.4 is 5.32 Å². The molecule has 0 aliphatic rings. The van der Waals surface area contributed by atoms with E-state index in [9.17, 15) is 0 Å². The van der Waals surface area contributed by atoms with Gasteiger partial charge in [0.1, 0.15) is 0 Å². The summed E-state index contributed by atoms with van der Waals surface area (Å²) in [6.07, 6.45) is 0. The average molecular weight is 246 g/mol. The van der Waals surface area contributed by atoms with Gasteiger partial charge in [0.2, 0.25) is 0 Å². The molecule has 1 aromatic rings. The molecule has 0 saturated carbocycles. The Kier molecular flexibility index (Phi) is 6.10. The van der Waals surface area contributed by atoms with Gasteiger partial charge in [-0.25, -0.2) is 0 Å². The molecule has 0 aliphatic carbocycles. The van der Waals surface area contributed by atoms with Crippen molar-refractivity contribution >= 4 is 23.4 Å². The van der Waals surface area contributed by atoms with Crippen LogP contribution in [0, 0.1) is 0 Å². The van der Waals surface area contributed by atoms with E-state index >= 15 is 0 Å². The van der Waals surface area contributed by atoms with Crippen LogP contribution in [0.15, 0.2) is 23.1 Å². The Balaban J connectivity index is 2.72. The number of halogens is 1. The first-order valence-corrected chi connectivity index (χ1v) is 6.19. The maximum Gasteiger partial charge on any atom is 0.0556 e.